The largest absolute Gasteiger partial charge is 0.438 e. The van der Waals surface area contributed by atoms with E-state index >= 15 is 0 Å². The van der Waals surface area contributed by atoms with Gasteiger partial charge in [0.2, 0.25) is 5.88 Å². The third kappa shape index (κ3) is 3.14. The van der Waals surface area contributed by atoms with Crippen LogP contribution in [0.4, 0.5) is 5.82 Å². The zero-order valence-electron chi connectivity index (χ0n) is 9.98. The molecule has 0 atom stereocenters. The number of para-hydroxylation sites is 1. The number of halogens is 1. The van der Waals surface area contributed by atoms with Gasteiger partial charge in [0.1, 0.15) is 11.6 Å². The van der Waals surface area contributed by atoms with E-state index in [1.165, 1.54) is 11.8 Å². The third-order valence-corrected chi connectivity index (χ3v) is 3.37. The lowest BCUT2D eigenvalue weighted by atomic mass is 10.3. The number of benzene rings is 1. The first kappa shape index (κ1) is 13.2. The first-order valence-electron chi connectivity index (χ1n) is 5.26. The van der Waals surface area contributed by atoms with Gasteiger partial charge in [-0.3, -0.25) is 0 Å². The number of rotatable bonds is 4. The number of nitrogens with one attached hydrogen (secondary N) is 1. The van der Waals surface area contributed by atoms with Crippen LogP contribution in [0.25, 0.3) is 0 Å². The average Bonchev–Trinajstić information content (AvgIpc) is 2.41. The van der Waals surface area contributed by atoms with E-state index in [1.54, 1.807) is 6.07 Å². The Morgan fingerprint density at radius 2 is 2.06 bits per heavy atom. The standard InChI is InChI=1S/C12H12BrN3OS/c1-14-10-7-11(16-12(15-10)18-2)17-9-6-4-3-5-8(9)13/h3-7H,1-2H3,(H,14,15,16). The molecule has 2 aromatic rings. The van der Waals surface area contributed by atoms with Gasteiger partial charge in [-0.15, -0.1) is 0 Å². The first-order chi connectivity index (χ1) is 8.72. The van der Waals surface area contributed by atoms with E-state index in [0.717, 1.165) is 16.0 Å². The van der Waals surface area contributed by atoms with Crippen LogP contribution in [0.2, 0.25) is 0 Å². The SMILES string of the molecule is CNc1cc(Oc2ccccc2Br)nc(SC)n1. The van der Waals surface area contributed by atoms with Crippen molar-refractivity contribution in [1.29, 1.82) is 0 Å². The zero-order valence-corrected chi connectivity index (χ0v) is 12.4. The van der Waals surface area contributed by atoms with Crippen molar-refractivity contribution in [1.82, 2.24) is 9.97 Å². The Morgan fingerprint density at radius 3 is 2.72 bits per heavy atom. The summed E-state index contributed by atoms with van der Waals surface area (Å²) in [6, 6.07) is 9.41. The molecule has 0 radical (unpaired) electrons. The smallest absolute Gasteiger partial charge is 0.225 e. The monoisotopic (exact) mass is 325 g/mol. The van der Waals surface area contributed by atoms with Gasteiger partial charge in [-0.25, -0.2) is 4.98 Å². The molecule has 0 bridgehead atoms. The summed E-state index contributed by atoms with van der Waals surface area (Å²) in [5.41, 5.74) is 0. The summed E-state index contributed by atoms with van der Waals surface area (Å²) < 4.78 is 6.63. The molecule has 1 aromatic heterocycles. The molecule has 0 amide bonds. The lowest BCUT2D eigenvalue weighted by Gasteiger charge is -2.09. The lowest BCUT2D eigenvalue weighted by Crippen LogP contribution is -1.98. The summed E-state index contributed by atoms with van der Waals surface area (Å²) in [5.74, 6) is 1.98. The average molecular weight is 326 g/mol. The lowest BCUT2D eigenvalue weighted by molar-refractivity contribution is 0.453. The van der Waals surface area contributed by atoms with Gasteiger partial charge in [0.25, 0.3) is 0 Å². The van der Waals surface area contributed by atoms with E-state index in [0.29, 0.717) is 11.0 Å². The van der Waals surface area contributed by atoms with Gasteiger partial charge < -0.3 is 10.1 Å². The molecule has 2 rings (SSSR count). The fraction of sp³-hybridized carbons (Fsp3) is 0.167. The maximum Gasteiger partial charge on any atom is 0.225 e. The Balaban J connectivity index is 2.31. The molecule has 0 unspecified atom stereocenters. The summed E-state index contributed by atoms with van der Waals surface area (Å²) >= 11 is 4.91. The Kier molecular flexibility index (Phi) is 4.43. The minimum Gasteiger partial charge on any atom is -0.438 e. The molecule has 1 aromatic carbocycles. The summed E-state index contributed by atoms with van der Waals surface area (Å²) in [5, 5.41) is 3.66. The molecule has 1 N–H and O–H groups in total. The topological polar surface area (TPSA) is 47.0 Å². The highest BCUT2D eigenvalue weighted by Crippen LogP contribution is 2.29. The first-order valence-corrected chi connectivity index (χ1v) is 7.28. The second-order valence-corrected chi connectivity index (χ2v) is 4.99. The van der Waals surface area contributed by atoms with Crippen molar-refractivity contribution in [2.24, 2.45) is 0 Å². The molecule has 4 nitrogen and oxygen atoms in total. The molecule has 1 heterocycles. The van der Waals surface area contributed by atoms with Crippen LogP contribution in [0.3, 0.4) is 0 Å². The number of hydrogen-bond acceptors (Lipinski definition) is 5. The Morgan fingerprint density at radius 1 is 1.28 bits per heavy atom. The molecule has 0 spiro atoms. The Bertz CT molecular complexity index is 528. The molecular formula is C12H12BrN3OS. The van der Waals surface area contributed by atoms with Crippen LogP contribution < -0.4 is 10.1 Å². The zero-order chi connectivity index (χ0) is 13.0. The second-order valence-electron chi connectivity index (χ2n) is 3.36. The van der Waals surface area contributed by atoms with Crippen LogP contribution in [-0.4, -0.2) is 23.3 Å². The predicted octanol–water partition coefficient (Wildman–Crippen LogP) is 3.80. The summed E-state index contributed by atoms with van der Waals surface area (Å²) in [4.78, 5) is 8.59. The summed E-state index contributed by atoms with van der Waals surface area (Å²) in [6.45, 7) is 0. The van der Waals surface area contributed by atoms with E-state index in [1.807, 2.05) is 37.6 Å². The highest BCUT2D eigenvalue weighted by molar-refractivity contribution is 9.10. The molecule has 0 saturated heterocycles. The van der Waals surface area contributed by atoms with Crippen molar-refractivity contribution in [3.63, 3.8) is 0 Å². The van der Waals surface area contributed by atoms with E-state index in [-0.39, 0.29) is 0 Å². The maximum atomic E-state index is 5.74. The van der Waals surface area contributed by atoms with E-state index < -0.39 is 0 Å². The van der Waals surface area contributed by atoms with Gasteiger partial charge in [0.05, 0.1) is 4.47 Å². The van der Waals surface area contributed by atoms with Crippen molar-refractivity contribution >= 4 is 33.5 Å². The highest BCUT2D eigenvalue weighted by Gasteiger charge is 2.07. The van der Waals surface area contributed by atoms with E-state index in [2.05, 4.69) is 31.2 Å². The van der Waals surface area contributed by atoms with Gasteiger partial charge in [-0.1, -0.05) is 23.9 Å². The molecule has 6 heteroatoms. The second kappa shape index (κ2) is 6.06. The van der Waals surface area contributed by atoms with Gasteiger partial charge in [-0.2, -0.15) is 4.98 Å². The van der Waals surface area contributed by atoms with Gasteiger partial charge >= 0.3 is 0 Å². The van der Waals surface area contributed by atoms with Crippen LogP contribution in [0.1, 0.15) is 0 Å². The highest BCUT2D eigenvalue weighted by atomic mass is 79.9. The van der Waals surface area contributed by atoms with Crippen molar-refractivity contribution in [3.05, 3.63) is 34.8 Å². The van der Waals surface area contributed by atoms with Crippen LogP contribution >= 0.6 is 27.7 Å². The minimum atomic E-state index is 0.519. The molecular weight excluding hydrogens is 314 g/mol. The number of anilines is 1. The summed E-state index contributed by atoms with van der Waals surface area (Å²) in [6.07, 6.45) is 1.93. The molecule has 0 aliphatic rings. The number of hydrogen-bond donors (Lipinski definition) is 1. The van der Waals surface area contributed by atoms with Gasteiger partial charge in [-0.05, 0) is 34.3 Å². The minimum absolute atomic E-state index is 0.519. The third-order valence-electron chi connectivity index (χ3n) is 2.17. The van der Waals surface area contributed by atoms with Gasteiger partial charge in [0.15, 0.2) is 5.16 Å². The molecule has 0 aliphatic heterocycles. The predicted molar refractivity (Wildman–Crippen MR) is 77.6 cm³/mol. The summed E-state index contributed by atoms with van der Waals surface area (Å²) in [7, 11) is 1.81. The molecule has 18 heavy (non-hydrogen) atoms. The molecule has 0 fully saturated rings. The molecule has 0 saturated carbocycles. The van der Waals surface area contributed by atoms with Crippen LogP contribution in [0.5, 0.6) is 11.6 Å². The fourth-order valence-electron chi connectivity index (χ4n) is 1.32. The van der Waals surface area contributed by atoms with Crippen molar-refractivity contribution in [3.8, 4) is 11.6 Å². The van der Waals surface area contributed by atoms with Crippen molar-refractivity contribution in [2.75, 3.05) is 18.6 Å². The number of thioether (sulfide) groups is 1. The maximum absolute atomic E-state index is 5.74. The molecule has 0 aliphatic carbocycles. The van der Waals surface area contributed by atoms with E-state index in [9.17, 15) is 0 Å². The fourth-order valence-corrected chi connectivity index (χ4v) is 2.05. The van der Waals surface area contributed by atoms with Crippen molar-refractivity contribution < 1.29 is 4.74 Å². The van der Waals surface area contributed by atoms with Crippen LogP contribution in [0.15, 0.2) is 40.0 Å². The molecule has 94 valence electrons. The van der Waals surface area contributed by atoms with Crippen LogP contribution in [0, 0.1) is 0 Å². The Labute approximate surface area is 118 Å². The number of aromatic nitrogens is 2. The quantitative estimate of drug-likeness (QED) is 0.684. The normalized spacial score (nSPS) is 10.2. The number of nitrogens with zero attached hydrogens (tertiary/aromatic N) is 2. The van der Waals surface area contributed by atoms with Crippen LogP contribution in [-0.2, 0) is 0 Å². The van der Waals surface area contributed by atoms with Crippen molar-refractivity contribution in [2.45, 2.75) is 5.16 Å². The van der Waals surface area contributed by atoms with E-state index in [4.69, 9.17) is 4.74 Å². The number of ether oxygens (including phenoxy) is 1. The van der Waals surface area contributed by atoms with Gasteiger partial charge in [0, 0.05) is 13.1 Å². The Hall–Kier alpha value is -1.27.